The van der Waals surface area contributed by atoms with Gasteiger partial charge in [-0.05, 0) is 89.7 Å². The third kappa shape index (κ3) is 6.80. The second kappa shape index (κ2) is 12.3. The van der Waals surface area contributed by atoms with E-state index in [1.807, 2.05) is 29.5 Å². The van der Waals surface area contributed by atoms with Crippen LogP contribution in [0, 0.1) is 3.57 Å². The smallest absolute Gasteiger partial charge is 0.339 e. The van der Waals surface area contributed by atoms with Gasteiger partial charge in [0.15, 0.2) is 23.0 Å². The van der Waals surface area contributed by atoms with Gasteiger partial charge in [0.1, 0.15) is 4.90 Å². The monoisotopic (exact) mass is 644 g/mol. The van der Waals surface area contributed by atoms with Gasteiger partial charge in [-0.2, -0.15) is 13.5 Å². The van der Waals surface area contributed by atoms with Gasteiger partial charge >= 0.3 is 10.1 Å². The van der Waals surface area contributed by atoms with Crippen molar-refractivity contribution in [2.45, 2.75) is 11.8 Å². The molecule has 0 aliphatic carbocycles. The Labute approximate surface area is 227 Å². The van der Waals surface area contributed by atoms with E-state index in [0.717, 1.165) is 0 Å². The van der Waals surface area contributed by atoms with Crippen LogP contribution in [-0.4, -0.2) is 41.4 Å². The van der Waals surface area contributed by atoms with E-state index in [4.69, 9.17) is 30.0 Å². The minimum absolute atomic E-state index is 0.0240. The molecule has 0 heterocycles. The van der Waals surface area contributed by atoms with Crippen molar-refractivity contribution in [3.63, 3.8) is 0 Å². The fourth-order valence-corrected chi connectivity index (χ4v) is 4.94. The molecule has 0 fully saturated rings. The van der Waals surface area contributed by atoms with E-state index >= 15 is 0 Å². The molecule has 0 saturated heterocycles. The average molecular weight is 645 g/mol. The molecule has 0 aromatic heterocycles. The van der Waals surface area contributed by atoms with E-state index in [9.17, 15) is 13.2 Å². The molecule has 1 amide bonds. The summed E-state index contributed by atoms with van der Waals surface area (Å²) in [6.45, 7) is 2.25. The summed E-state index contributed by atoms with van der Waals surface area (Å²) in [4.78, 5) is 12.5. The van der Waals surface area contributed by atoms with Crippen molar-refractivity contribution in [2.24, 2.45) is 5.10 Å². The first-order valence-electron chi connectivity index (χ1n) is 10.4. The molecule has 0 bridgehead atoms. The maximum absolute atomic E-state index is 12.7. The zero-order valence-electron chi connectivity index (χ0n) is 19.4. The summed E-state index contributed by atoms with van der Waals surface area (Å²) in [7, 11) is -1.22. The zero-order chi connectivity index (χ0) is 26.3. The van der Waals surface area contributed by atoms with Crippen LogP contribution in [0.1, 0.15) is 22.8 Å². The molecular formula is C24H22ClIN2O7S. The number of nitrogens with one attached hydrogen (secondary N) is 1. The Morgan fingerprint density at radius 1 is 1.03 bits per heavy atom. The number of carbonyl (C=O) groups is 1. The van der Waals surface area contributed by atoms with Crippen LogP contribution in [0.15, 0.2) is 64.6 Å². The molecular weight excluding hydrogens is 623 g/mol. The van der Waals surface area contributed by atoms with Gasteiger partial charge in [0.2, 0.25) is 0 Å². The predicted molar refractivity (Wildman–Crippen MR) is 144 cm³/mol. The van der Waals surface area contributed by atoms with E-state index in [0.29, 0.717) is 37.8 Å². The molecule has 3 aromatic carbocycles. The molecule has 3 rings (SSSR count). The number of hydrogen-bond donors (Lipinski definition) is 1. The van der Waals surface area contributed by atoms with Gasteiger partial charge in [-0.25, -0.2) is 5.43 Å². The van der Waals surface area contributed by atoms with Crippen LogP contribution in [0.5, 0.6) is 23.0 Å². The fraction of sp³-hybridized carbons (Fsp3) is 0.167. The third-order valence-corrected chi connectivity index (χ3v) is 6.94. The van der Waals surface area contributed by atoms with E-state index in [2.05, 4.69) is 10.5 Å². The van der Waals surface area contributed by atoms with Crippen LogP contribution in [0.3, 0.4) is 0 Å². The maximum Gasteiger partial charge on any atom is 0.339 e. The standard InChI is InChI=1S/C24H22ClIN2O7S/c1-4-34-21-13-16(5-10-20(21)32-2)24(29)28-27-14-15-11-19(26)23(22(12-15)33-3)35-36(30,31)18-8-6-17(25)7-9-18/h5-14H,4H2,1-3H3,(H,28,29)/b27-14+. The number of benzene rings is 3. The van der Waals surface area contributed by atoms with Gasteiger partial charge in [-0.3, -0.25) is 4.79 Å². The second-order valence-corrected chi connectivity index (χ2v) is 10.2. The molecule has 0 radical (unpaired) electrons. The number of nitrogens with zero attached hydrogens (tertiary/aromatic N) is 1. The molecule has 0 spiro atoms. The topological polar surface area (TPSA) is 113 Å². The summed E-state index contributed by atoms with van der Waals surface area (Å²) in [5, 5.41) is 4.39. The SMILES string of the molecule is CCOc1cc(C(=O)N/N=C/c2cc(I)c(OS(=O)(=O)c3ccc(Cl)cc3)c(OC)c2)ccc1OC. The molecule has 12 heteroatoms. The zero-order valence-corrected chi connectivity index (χ0v) is 23.2. The molecule has 9 nitrogen and oxygen atoms in total. The highest BCUT2D eigenvalue weighted by Gasteiger charge is 2.22. The minimum Gasteiger partial charge on any atom is -0.493 e. The minimum atomic E-state index is -4.12. The van der Waals surface area contributed by atoms with Gasteiger partial charge in [0, 0.05) is 10.6 Å². The Bertz CT molecular complexity index is 1380. The van der Waals surface area contributed by atoms with Crippen LogP contribution in [0.4, 0.5) is 0 Å². The van der Waals surface area contributed by atoms with Gasteiger partial charge in [0.25, 0.3) is 5.91 Å². The Morgan fingerprint density at radius 3 is 2.36 bits per heavy atom. The Balaban J connectivity index is 1.77. The van der Waals surface area contributed by atoms with Gasteiger partial charge in [-0.1, -0.05) is 11.6 Å². The van der Waals surface area contributed by atoms with Crippen molar-refractivity contribution in [3.8, 4) is 23.0 Å². The number of ether oxygens (including phenoxy) is 3. The summed E-state index contributed by atoms with van der Waals surface area (Å²) in [6, 6.07) is 13.6. The average Bonchev–Trinajstić information content (AvgIpc) is 2.85. The Hall–Kier alpha value is -3.03. The summed E-state index contributed by atoms with van der Waals surface area (Å²) < 4.78 is 47.2. The van der Waals surface area contributed by atoms with Crippen LogP contribution in [0.25, 0.3) is 0 Å². The molecule has 0 unspecified atom stereocenters. The third-order valence-electron chi connectivity index (χ3n) is 4.65. The first kappa shape index (κ1) is 27.6. The van der Waals surface area contributed by atoms with Crippen molar-refractivity contribution in [1.82, 2.24) is 5.43 Å². The lowest BCUT2D eigenvalue weighted by atomic mass is 10.2. The molecule has 190 valence electrons. The van der Waals surface area contributed by atoms with E-state index in [1.54, 1.807) is 24.3 Å². The number of halogens is 2. The number of carbonyl (C=O) groups excluding carboxylic acids is 1. The van der Waals surface area contributed by atoms with E-state index < -0.39 is 16.0 Å². The first-order valence-corrected chi connectivity index (χ1v) is 13.3. The molecule has 0 atom stereocenters. The van der Waals surface area contributed by atoms with Crippen molar-refractivity contribution < 1.29 is 31.6 Å². The highest BCUT2D eigenvalue weighted by atomic mass is 127. The summed E-state index contributed by atoms with van der Waals surface area (Å²) in [5.74, 6) is 0.698. The molecule has 0 aliphatic heterocycles. The van der Waals surface area contributed by atoms with Gasteiger partial charge in [0.05, 0.1) is 30.6 Å². The number of rotatable bonds is 10. The van der Waals surface area contributed by atoms with Gasteiger partial charge < -0.3 is 18.4 Å². The van der Waals surface area contributed by atoms with Crippen molar-refractivity contribution in [3.05, 3.63) is 74.3 Å². The largest absolute Gasteiger partial charge is 0.493 e. The summed E-state index contributed by atoms with van der Waals surface area (Å²) in [6.07, 6.45) is 1.40. The van der Waals surface area contributed by atoms with E-state index in [-0.39, 0.29) is 16.4 Å². The Morgan fingerprint density at radius 2 is 1.72 bits per heavy atom. The van der Waals surface area contributed by atoms with Crippen LogP contribution >= 0.6 is 34.2 Å². The Kier molecular flexibility index (Phi) is 9.40. The van der Waals surface area contributed by atoms with Crippen LogP contribution in [0.2, 0.25) is 5.02 Å². The normalized spacial score (nSPS) is 11.2. The lowest BCUT2D eigenvalue weighted by Crippen LogP contribution is -2.17. The highest BCUT2D eigenvalue weighted by molar-refractivity contribution is 14.1. The quantitative estimate of drug-likeness (QED) is 0.145. The number of hydrazone groups is 1. The summed E-state index contributed by atoms with van der Waals surface area (Å²) in [5.41, 5.74) is 3.32. The molecule has 0 saturated carbocycles. The summed E-state index contributed by atoms with van der Waals surface area (Å²) >= 11 is 7.76. The first-order chi connectivity index (χ1) is 17.2. The van der Waals surface area contributed by atoms with E-state index in [1.165, 1.54) is 50.8 Å². The molecule has 3 aromatic rings. The lowest BCUT2D eigenvalue weighted by Gasteiger charge is -2.13. The highest BCUT2D eigenvalue weighted by Crippen LogP contribution is 2.36. The number of methoxy groups -OCH3 is 2. The van der Waals surface area contributed by atoms with Gasteiger partial charge in [-0.15, -0.1) is 0 Å². The van der Waals surface area contributed by atoms with Crippen molar-refractivity contribution in [1.29, 1.82) is 0 Å². The maximum atomic E-state index is 12.7. The van der Waals surface area contributed by atoms with Crippen LogP contribution in [-0.2, 0) is 10.1 Å². The second-order valence-electron chi connectivity index (χ2n) is 7.02. The van der Waals surface area contributed by atoms with Crippen molar-refractivity contribution >= 4 is 56.4 Å². The van der Waals surface area contributed by atoms with Crippen LogP contribution < -0.4 is 23.8 Å². The predicted octanol–water partition coefficient (Wildman–Crippen LogP) is 4.89. The molecule has 0 aliphatic rings. The lowest BCUT2D eigenvalue weighted by molar-refractivity contribution is 0.0954. The number of hydrogen-bond acceptors (Lipinski definition) is 8. The number of amides is 1. The molecule has 36 heavy (non-hydrogen) atoms. The molecule has 1 N–H and O–H groups in total. The fourth-order valence-electron chi connectivity index (χ4n) is 2.97. The van der Waals surface area contributed by atoms with Crippen molar-refractivity contribution in [2.75, 3.05) is 20.8 Å².